The first kappa shape index (κ1) is 14.8. The summed E-state index contributed by atoms with van der Waals surface area (Å²) in [5.74, 6) is 1.36. The number of morpholine rings is 1. The normalized spacial score (nSPS) is 16.9. The second kappa shape index (κ2) is 6.34. The lowest BCUT2D eigenvalue weighted by Gasteiger charge is -2.26. The van der Waals surface area contributed by atoms with Gasteiger partial charge in [-0.2, -0.15) is 5.10 Å². The smallest absolute Gasteiger partial charge is 0.158 e. The Morgan fingerprint density at radius 1 is 1.24 bits per heavy atom. The fraction of sp³-hybridized carbons (Fsp3) is 0.714. The van der Waals surface area contributed by atoms with E-state index in [1.165, 1.54) is 0 Å². The third kappa shape index (κ3) is 2.80. The van der Waals surface area contributed by atoms with Gasteiger partial charge in [0.15, 0.2) is 5.65 Å². The van der Waals surface area contributed by atoms with E-state index in [2.05, 4.69) is 26.5 Å². The van der Waals surface area contributed by atoms with Gasteiger partial charge in [0.1, 0.15) is 11.3 Å². The summed E-state index contributed by atoms with van der Waals surface area (Å²) in [4.78, 5) is 7.09. The van der Waals surface area contributed by atoms with Crippen molar-refractivity contribution in [2.24, 2.45) is 0 Å². The maximum absolute atomic E-state index is 6.08. The molecule has 0 spiro atoms. The van der Waals surface area contributed by atoms with Gasteiger partial charge in [-0.25, -0.2) is 9.67 Å². The first-order chi connectivity index (χ1) is 10.2. The average Bonchev–Trinajstić information content (AvgIpc) is 3.04. The van der Waals surface area contributed by atoms with Crippen molar-refractivity contribution in [3.8, 4) is 0 Å². The maximum atomic E-state index is 6.08. The van der Waals surface area contributed by atoms with Crippen molar-refractivity contribution in [3.63, 3.8) is 0 Å². The molecule has 0 N–H and O–H groups in total. The maximum Gasteiger partial charge on any atom is 0.158 e. The number of hydrogen-bond donors (Lipinski definition) is 0. The number of rotatable bonds is 5. The number of aromatic nitrogens is 4. The van der Waals surface area contributed by atoms with E-state index in [1.54, 1.807) is 0 Å². The fourth-order valence-electron chi connectivity index (χ4n) is 2.89. The molecular weight excluding hydrogens is 290 g/mol. The second-order valence-electron chi connectivity index (χ2n) is 5.34. The zero-order chi connectivity index (χ0) is 14.8. The average molecular weight is 312 g/mol. The van der Waals surface area contributed by atoms with Gasteiger partial charge in [0.25, 0.3) is 0 Å². The molecule has 2 aromatic rings. The molecule has 116 valence electrons. The Bertz CT molecular complexity index is 614. The van der Waals surface area contributed by atoms with Crippen molar-refractivity contribution in [3.05, 3.63) is 11.5 Å². The molecule has 0 saturated carbocycles. The number of aryl methyl sites for hydroxylation is 2. The predicted octanol–water partition coefficient (Wildman–Crippen LogP) is 1.63. The fourth-order valence-corrected chi connectivity index (χ4v) is 3.10. The van der Waals surface area contributed by atoms with Crippen molar-refractivity contribution in [1.29, 1.82) is 0 Å². The van der Waals surface area contributed by atoms with E-state index in [1.807, 2.05) is 11.6 Å². The number of alkyl halides is 1. The van der Waals surface area contributed by atoms with Crippen LogP contribution in [0, 0.1) is 6.92 Å². The molecule has 0 amide bonds. The first-order valence-electron chi connectivity index (χ1n) is 7.53. The molecule has 0 radical (unpaired) electrons. The Kier molecular flexibility index (Phi) is 4.47. The van der Waals surface area contributed by atoms with Crippen LogP contribution in [0.25, 0.3) is 11.2 Å². The highest BCUT2D eigenvalue weighted by Crippen LogP contribution is 2.21. The van der Waals surface area contributed by atoms with Crippen LogP contribution in [0.4, 0.5) is 0 Å². The zero-order valence-corrected chi connectivity index (χ0v) is 13.4. The molecule has 1 aliphatic heterocycles. The van der Waals surface area contributed by atoms with E-state index >= 15 is 0 Å². The largest absolute Gasteiger partial charge is 0.379 e. The number of fused-ring (bicyclic) bond motifs is 1. The molecule has 1 fully saturated rings. The summed E-state index contributed by atoms with van der Waals surface area (Å²) >= 11 is 6.08. The number of hydrogen-bond acceptors (Lipinski definition) is 4. The number of halogens is 1. The van der Waals surface area contributed by atoms with E-state index in [9.17, 15) is 0 Å². The van der Waals surface area contributed by atoms with Crippen LogP contribution in [0.5, 0.6) is 0 Å². The molecule has 7 heteroatoms. The summed E-state index contributed by atoms with van der Waals surface area (Å²) in [6.07, 6.45) is 0. The first-order valence-corrected chi connectivity index (χ1v) is 8.06. The SMILES string of the molecule is CCn1nc(C)c2nc(CCl)n(CCN3CCOCC3)c21. The van der Waals surface area contributed by atoms with Crippen LogP contribution in [0.2, 0.25) is 0 Å². The zero-order valence-electron chi connectivity index (χ0n) is 12.7. The second-order valence-corrected chi connectivity index (χ2v) is 5.61. The molecule has 3 heterocycles. The van der Waals surface area contributed by atoms with Crippen LogP contribution in [0.1, 0.15) is 18.4 Å². The minimum Gasteiger partial charge on any atom is -0.379 e. The van der Waals surface area contributed by atoms with Gasteiger partial charge in [-0.1, -0.05) is 0 Å². The van der Waals surface area contributed by atoms with Crippen molar-refractivity contribution in [1.82, 2.24) is 24.2 Å². The van der Waals surface area contributed by atoms with Crippen LogP contribution in [-0.4, -0.2) is 57.1 Å². The predicted molar refractivity (Wildman–Crippen MR) is 82.7 cm³/mol. The number of nitrogens with zero attached hydrogens (tertiary/aromatic N) is 5. The molecule has 1 saturated heterocycles. The van der Waals surface area contributed by atoms with Crippen LogP contribution >= 0.6 is 11.6 Å². The Labute approximate surface area is 129 Å². The molecule has 0 unspecified atom stereocenters. The summed E-state index contributed by atoms with van der Waals surface area (Å²) in [5, 5.41) is 4.56. The Morgan fingerprint density at radius 2 is 2.00 bits per heavy atom. The van der Waals surface area contributed by atoms with Crippen LogP contribution in [0.3, 0.4) is 0 Å². The number of imidazole rings is 1. The van der Waals surface area contributed by atoms with E-state index in [0.717, 1.165) is 68.6 Å². The quantitative estimate of drug-likeness (QED) is 0.788. The van der Waals surface area contributed by atoms with E-state index in [4.69, 9.17) is 16.3 Å². The Morgan fingerprint density at radius 3 is 2.67 bits per heavy atom. The van der Waals surface area contributed by atoms with Gasteiger partial charge in [0, 0.05) is 32.7 Å². The lowest BCUT2D eigenvalue weighted by atomic mass is 10.4. The third-order valence-electron chi connectivity index (χ3n) is 4.04. The van der Waals surface area contributed by atoms with E-state index in [0.29, 0.717) is 5.88 Å². The van der Waals surface area contributed by atoms with Crippen molar-refractivity contribution in [2.75, 3.05) is 32.8 Å². The molecular formula is C14H22ClN5O. The molecule has 2 aromatic heterocycles. The van der Waals surface area contributed by atoms with Gasteiger partial charge in [-0.15, -0.1) is 11.6 Å². The van der Waals surface area contributed by atoms with Crippen LogP contribution < -0.4 is 0 Å². The molecule has 0 aromatic carbocycles. The minimum atomic E-state index is 0.431. The summed E-state index contributed by atoms with van der Waals surface area (Å²) in [5.41, 5.74) is 3.05. The summed E-state index contributed by atoms with van der Waals surface area (Å²) in [6.45, 7) is 10.5. The molecule has 0 atom stereocenters. The molecule has 3 rings (SSSR count). The molecule has 1 aliphatic rings. The number of ether oxygens (including phenoxy) is 1. The Hall–Kier alpha value is -1.11. The molecule has 0 aliphatic carbocycles. The van der Waals surface area contributed by atoms with Gasteiger partial charge >= 0.3 is 0 Å². The highest BCUT2D eigenvalue weighted by Gasteiger charge is 2.18. The topological polar surface area (TPSA) is 48.1 Å². The van der Waals surface area contributed by atoms with Crippen molar-refractivity contribution in [2.45, 2.75) is 32.8 Å². The van der Waals surface area contributed by atoms with E-state index < -0.39 is 0 Å². The van der Waals surface area contributed by atoms with E-state index in [-0.39, 0.29) is 0 Å². The van der Waals surface area contributed by atoms with Gasteiger partial charge in [-0.3, -0.25) is 4.90 Å². The van der Waals surface area contributed by atoms with Gasteiger partial charge < -0.3 is 9.30 Å². The summed E-state index contributed by atoms with van der Waals surface area (Å²) in [6, 6.07) is 0. The monoisotopic (exact) mass is 311 g/mol. The molecule has 21 heavy (non-hydrogen) atoms. The Balaban J connectivity index is 1.88. The molecule has 6 nitrogen and oxygen atoms in total. The van der Waals surface area contributed by atoms with Gasteiger partial charge in [-0.05, 0) is 13.8 Å². The molecule has 0 bridgehead atoms. The summed E-state index contributed by atoms with van der Waals surface area (Å²) in [7, 11) is 0. The summed E-state index contributed by atoms with van der Waals surface area (Å²) < 4.78 is 9.64. The highest BCUT2D eigenvalue weighted by molar-refractivity contribution is 6.16. The van der Waals surface area contributed by atoms with Crippen molar-refractivity contribution >= 4 is 22.8 Å². The van der Waals surface area contributed by atoms with Crippen molar-refractivity contribution < 1.29 is 4.74 Å². The lowest BCUT2D eigenvalue weighted by Crippen LogP contribution is -2.38. The van der Waals surface area contributed by atoms with Crippen LogP contribution in [-0.2, 0) is 23.7 Å². The highest BCUT2D eigenvalue weighted by atomic mass is 35.5. The van der Waals surface area contributed by atoms with Gasteiger partial charge in [0.2, 0.25) is 0 Å². The minimum absolute atomic E-state index is 0.431. The van der Waals surface area contributed by atoms with Crippen LogP contribution in [0.15, 0.2) is 0 Å². The van der Waals surface area contributed by atoms with Gasteiger partial charge in [0.05, 0.1) is 24.8 Å². The lowest BCUT2D eigenvalue weighted by molar-refractivity contribution is 0.0364. The third-order valence-corrected chi connectivity index (χ3v) is 4.28. The standard InChI is InChI=1S/C14H22ClN5O/c1-3-20-14-13(11(2)17-20)16-12(10-15)19(14)5-4-18-6-8-21-9-7-18/h3-10H2,1-2H3.